The summed E-state index contributed by atoms with van der Waals surface area (Å²) in [6.45, 7) is 9.84. The Morgan fingerprint density at radius 2 is 1.78 bits per heavy atom. The summed E-state index contributed by atoms with van der Waals surface area (Å²) in [4.78, 5) is 26.9. The molecule has 2 rings (SSSR count). The second-order valence-electron chi connectivity index (χ2n) is 6.46. The summed E-state index contributed by atoms with van der Waals surface area (Å²) in [5, 5.41) is 2.99. The van der Waals surface area contributed by atoms with E-state index >= 15 is 0 Å². The molecule has 18 heavy (non-hydrogen) atoms. The van der Waals surface area contributed by atoms with Crippen molar-refractivity contribution in [3.8, 4) is 0 Å². The van der Waals surface area contributed by atoms with Gasteiger partial charge in [0, 0.05) is 6.04 Å². The van der Waals surface area contributed by atoms with Crippen molar-refractivity contribution in [2.45, 2.75) is 65.1 Å². The van der Waals surface area contributed by atoms with Crippen LogP contribution in [0.4, 0.5) is 0 Å². The van der Waals surface area contributed by atoms with E-state index in [1.807, 2.05) is 34.6 Å². The van der Waals surface area contributed by atoms with E-state index in [1.165, 1.54) is 0 Å². The lowest BCUT2D eigenvalue weighted by atomic mass is 9.86. The van der Waals surface area contributed by atoms with Crippen LogP contribution in [-0.4, -0.2) is 34.3 Å². The Kier molecular flexibility index (Phi) is 3.16. The van der Waals surface area contributed by atoms with Gasteiger partial charge in [0.05, 0.1) is 0 Å². The standard InChI is InChI=1S/C14H24N2O2/c1-8(2)11-12(17)15-14(5,10-6-7-10)13(18)16(11)9(3)4/h8-11H,6-7H2,1-5H3,(H,15,17). The normalized spacial score (nSPS) is 33.3. The number of rotatable bonds is 3. The Morgan fingerprint density at radius 1 is 1.22 bits per heavy atom. The van der Waals surface area contributed by atoms with E-state index in [-0.39, 0.29) is 29.8 Å². The first-order valence-electron chi connectivity index (χ1n) is 6.93. The quantitative estimate of drug-likeness (QED) is 0.828. The molecule has 1 heterocycles. The van der Waals surface area contributed by atoms with Crippen LogP contribution in [-0.2, 0) is 9.59 Å². The lowest BCUT2D eigenvalue weighted by Gasteiger charge is -2.47. The van der Waals surface area contributed by atoms with Crippen LogP contribution in [0.5, 0.6) is 0 Å². The summed E-state index contributed by atoms with van der Waals surface area (Å²) >= 11 is 0. The Balaban J connectivity index is 2.35. The van der Waals surface area contributed by atoms with Gasteiger partial charge in [0.2, 0.25) is 11.8 Å². The lowest BCUT2D eigenvalue weighted by molar-refractivity contribution is -0.159. The Bertz CT molecular complexity index is 374. The van der Waals surface area contributed by atoms with Gasteiger partial charge in [-0.05, 0) is 45.4 Å². The Labute approximate surface area is 109 Å². The average Bonchev–Trinajstić information content (AvgIpc) is 3.05. The first-order valence-corrected chi connectivity index (χ1v) is 6.93. The van der Waals surface area contributed by atoms with E-state index in [0.717, 1.165) is 12.8 Å². The molecule has 2 amide bonds. The van der Waals surface area contributed by atoms with Crippen LogP contribution < -0.4 is 5.32 Å². The van der Waals surface area contributed by atoms with Gasteiger partial charge in [-0.1, -0.05) is 13.8 Å². The largest absolute Gasteiger partial charge is 0.340 e. The molecule has 1 saturated carbocycles. The first-order chi connectivity index (χ1) is 8.29. The maximum absolute atomic E-state index is 12.7. The molecular formula is C14H24N2O2. The van der Waals surface area contributed by atoms with E-state index in [4.69, 9.17) is 0 Å². The van der Waals surface area contributed by atoms with Crippen molar-refractivity contribution in [3.63, 3.8) is 0 Å². The maximum Gasteiger partial charge on any atom is 0.249 e. The van der Waals surface area contributed by atoms with Gasteiger partial charge in [-0.2, -0.15) is 0 Å². The second kappa shape index (κ2) is 4.25. The van der Waals surface area contributed by atoms with Crippen molar-refractivity contribution in [3.05, 3.63) is 0 Å². The average molecular weight is 252 g/mol. The minimum absolute atomic E-state index is 0.00713. The summed E-state index contributed by atoms with van der Waals surface area (Å²) in [6.07, 6.45) is 2.08. The van der Waals surface area contributed by atoms with Gasteiger partial charge in [-0.3, -0.25) is 9.59 Å². The molecule has 1 aliphatic carbocycles. The van der Waals surface area contributed by atoms with Crippen molar-refractivity contribution in [2.24, 2.45) is 11.8 Å². The smallest absolute Gasteiger partial charge is 0.249 e. The number of amides is 2. The highest BCUT2D eigenvalue weighted by atomic mass is 16.2. The third kappa shape index (κ3) is 1.91. The third-order valence-electron chi connectivity index (χ3n) is 4.21. The predicted molar refractivity (Wildman–Crippen MR) is 69.9 cm³/mol. The molecule has 2 atom stereocenters. The van der Waals surface area contributed by atoms with Crippen LogP contribution in [0.15, 0.2) is 0 Å². The van der Waals surface area contributed by atoms with Crippen LogP contribution in [0.2, 0.25) is 0 Å². The second-order valence-corrected chi connectivity index (χ2v) is 6.46. The van der Waals surface area contributed by atoms with Crippen LogP contribution in [0.3, 0.4) is 0 Å². The number of hydrogen-bond acceptors (Lipinski definition) is 2. The number of hydrogen-bond donors (Lipinski definition) is 1. The van der Waals surface area contributed by atoms with Crippen molar-refractivity contribution >= 4 is 11.8 Å². The summed E-state index contributed by atoms with van der Waals surface area (Å²) in [5.41, 5.74) is -0.674. The summed E-state index contributed by atoms with van der Waals surface area (Å²) in [5.74, 6) is 0.564. The molecule has 4 nitrogen and oxygen atoms in total. The molecule has 2 unspecified atom stereocenters. The molecule has 0 aromatic heterocycles. The number of piperazine rings is 1. The Morgan fingerprint density at radius 3 is 2.17 bits per heavy atom. The van der Waals surface area contributed by atoms with Crippen LogP contribution in [0.25, 0.3) is 0 Å². The molecule has 0 bridgehead atoms. The molecule has 2 fully saturated rings. The zero-order valence-corrected chi connectivity index (χ0v) is 12.0. The van der Waals surface area contributed by atoms with Crippen molar-refractivity contribution in [1.29, 1.82) is 0 Å². The predicted octanol–water partition coefficient (Wildman–Crippen LogP) is 1.55. The molecule has 2 aliphatic rings. The number of carbonyl (C=O) groups excluding carboxylic acids is 2. The van der Waals surface area contributed by atoms with E-state index in [9.17, 15) is 9.59 Å². The molecule has 1 aliphatic heterocycles. The molecule has 102 valence electrons. The van der Waals surface area contributed by atoms with E-state index in [2.05, 4.69) is 5.32 Å². The molecule has 0 aromatic carbocycles. The van der Waals surface area contributed by atoms with Crippen molar-refractivity contribution in [1.82, 2.24) is 10.2 Å². The van der Waals surface area contributed by atoms with Gasteiger partial charge >= 0.3 is 0 Å². The minimum atomic E-state index is -0.674. The SMILES string of the molecule is CC(C)C1C(=O)NC(C)(C2CC2)C(=O)N1C(C)C. The highest BCUT2D eigenvalue weighted by Crippen LogP contribution is 2.43. The molecule has 1 N–H and O–H groups in total. The fourth-order valence-electron chi connectivity index (χ4n) is 3.02. The highest BCUT2D eigenvalue weighted by Gasteiger charge is 2.56. The zero-order valence-electron chi connectivity index (χ0n) is 12.0. The molecule has 1 saturated heterocycles. The Hall–Kier alpha value is -1.06. The summed E-state index contributed by atoms with van der Waals surface area (Å²) < 4.78 is 0. The van der Waals surface area contributed by atoms with Gasteiger partial charge in [-0.25, -0.2) is 0 Å². The first kappa shape index (κ1) is 13.4. The van der Waals surface area contributed by atoms with Crippen molar-refractivity contribution < 1.29 is 9.59 Å². The molecule has 0 radical (unpaired) electrons. The maximum atomic E-state index is 12.7. The van der Waals surface area contributed by atoms with Gasteiger partial charge in [0.15, 0.2) is 0 Å². The lowest BCUT2D eigenvalue weighted by Crippen LogP contribution is -2.72. The minimum Gasteiger partial charge on any atom is -0.340 e. The zero-order chi connectivity index (χ0) is 13.7. The molecule has 0 aromatic rings. The fourth-order valence-corrected chi connectivity index (χ4v) is 3.02. The highest BCUT2D eigenvalue weighted by molar-refractivity contribution is 6.00. The topological polar surface area (TPSA) is 49.4 Å². The van der Waals surface area contributed by atoms with E-state index in [1.54, 1.807) is 4.90 Å². The summed E-state index contributed by atoms with van der Waals surface area (Å²) in [6, 6.07) is -0.265. The molecule has 4 heteroatoms. The van der Waals surface area contributed by atoms with E-state index in [0.29, 0.717) is 5.92 Å². The van der Waals surface area contributed by atoms with Crippen LogP contribution in [0.1, 0.15) is 47.5 Å². The van der Waals surface area contributed by atoms with Gasteiger partial charge in [0.25, 0.3) is 0 Å². The molecular weight excluding hydrogens is 228 g/mol. The summed E-state index contributed by atoms with van der Waals surface area (Å²) in [7, 11) is 0. The van der Waals surface area contributed by atoms with Crippen LogP contribution >= 0.6 is 0 Å². The third-order valence-corrected chi connectivity index (χ3v) is 4.21. The number of carbonyl (C=O) groups is 2. The van der Waals surface area contributed by atoms with Gasteiger partial charge in [-0.15, -0.1) is 0 Å². The van der Waals surface area contributed by atoms with Crippen LogP contribution in [0, 0.1) is 11.8 Å². The van der Waals surface area contributed by atoms with Crippen molar-refractivity contribution in [2.75, 3.05) is 0 Å². The number of nitrogens with one attached hydrogen (secondary N) is 1. The van der Waals surface area contributed by atoms with E-state index < -0.39 is 5.54 Å². The fraction of sp³-hybridized carbons (Fsp3) is 0.857. The van der Waals surface area contributed by atoms with Gasteiger partial charge < -0.3 is 10.2 Å². The number of nitrogens with zero attached hydrogens (tertiary/aromatic N) is 1. The monoisotopic (exact) mass is 252 g/mol. The molecule has 0 spiro atoms. The van der Waals surface area contributed by atoms with Gasteiger partial charge in [0.1, 0.15) is 11.6 Å².